The Hall–Kier alpha value is -8.86. The van der Waals surface area contributed by atoms with Crippen LogP contribution in [-0.4, -0.2) is 18.9 Å². The van der Waals surface area contributed by atoms with Crippen molar-refractivity contribution in [1.29, 1.82) is 0 Å². The summed E-state index contributed by atoms with van der Waals surface area (Å²) in [6, 6.07) is 90.9. The van der Waals surface area contributed by atoms with Crippen molar-refractivity contribution in [3.63, 3.8) is 0 Å². The van der Waals surface area contributed by atoms with E-state index in [4.69, 9.17) is 4.42 Å². The summed E-state index contributed by atoms with van der Waals surface area (Å²) < 4.78 is 12.0. The van der Waals surface area contributed by atoms with Gasteiger partial charge in [-0.2, -0.15) is 0 Å². The first-order valence-electron chi connectivity index (χ1n) is 24.2. The molecular formula is C66H41N3OSe. The number of hydrogen-bond acceptors (Lipinski definition) is 3. The predicted molar refractivity (Wildman–Crippen MR) is 301 cm³/mol. The molecule has 4 nitrogen and oxygen atoms in total. The van der Waals surface area contributed by atoms with Gasteiger partial charge in [0.2, 0.25) is 0 Å². The van der Waals surface area contributed by atoms with E-state index in [1.54, 1.807) is 0 Å². The summed E-state index contributed by atoms with van der Waals surface area (Å²) in [6.07, 6.45) is 0. The van der Waals surface area contributed by atoms with E-state index in [1.807, 2.05) is 6.07 Å². The number of benzene rings is 11. The van der Waals surface area contributed by atoms with Gasteiger partial charge in [0.1, 0.15) is 11.2 Å². The molecule has 15 rings (SSSR count). The average molecular weight is 971 g/mol. The molecule has 0 spiro atoms. The van der Waals surface area contributed by atoms with Gasteiger partial charge in [0, 0.05) is 16.8 Å². The number of anilines is 6. The molecule has 0 atom stereocenters. The molecule has 4 heterocycles. The Morgan fingerprint density at radius 2 is 0.845 bits per heavy atom. The third-order valence-electron chi connectivity index (χ3n) is 14.5. The van der Waals surface area contributed by atoms with Gasteiger partial charge >= 0.3 is 248 Å². The quantitative estimate of drug-likeness (QED) is 0.142. The summed E-state index contributed by atoms with van der Waals surface area (Å²) in [5.41, 5.74) is 16.5. The molecule has 0 aliphatic rings. The van der Waals surface area contributed by atoms with Crippen LogP contribution in [0.2, 0.25) is 0 Å². The third-order valence-corrected chi connectivity index (χ3v) is 16.8. The van der Waals surface area contributed by atoms with Crippen molar-refractivity contribution >= 4 is 128 Å². The van der Waals surface area contributed by atoms with Gasteiger partial charge < -0.3 is 4.42 Å². The van der Waals surface area contributed by atoms with Gasteiger partial charge in [0.25, 0.3) is 0 Å². The first kappa shape index (κ1) is 40.1. The second-order valence-corrected chi connectivity index (χ2v) is 20.7. The van der Waals surface area contributed by atoms with Crippen molar-refractivity contribution in [1.82, 2.24) is 4.40 Å². The molecule has 15 aromatic rings. The number of hydrogen-bond donors (Lipinski definition) is 0. The van der Waals surface area contributed by atoms with E-state index >= 15 is 0 Å². The van der Waals surface area contributed by atoms with Gasteiger partial charge in [-0.15, -0.1) is 0 Å². The van der Waals surface area contributed by atoms with Crippen LogP contribution in [0.25, 0.3) is 102 Å². The Balaban J connectivity index is 0.969. The molecule has 0 N–H and O–H groups in total. The number of furan rings is 1. The summed E-state index contributed by atoms with van der Waals surface area (Å²) in [5.74, 6) is 0. The number of fused-ring (bicyclic) bond motifs is 8. The first-order chi connectivity index (χ1) is 35.2. The molecule has 5 heteroatoms. The fourth-order valence-electron chi connectivity index (χ4n) is 11.4. The Morgan fingerprint density at radius 1 is 0.310 bits per heavy atom. The molecule has 0 unspecified atom stereocenters. The Kier molecular flexibility index (Phi) is 8.94. The molecular weight excluding hydrogens is 930 g/mol. The summed E-state index contributed by atoms with van der Waals surface area (Å²) in [6.45, 7) is 0. The topological polar surface area (TPSA) is 24.0 Å². The molecule has 11 aromatic carbocycles. The van der Waals surface area contributed by atoms with E-state index in [0.717, 1.165) is 61.6 Å². The maximum atomic E-state index is 6.57. The van der Waals surface area contributed by atoms with Crippen molar-refractivity contribution in [2.75, 3.05) is 9.80 Å². The Morgan fingerprint density at radius 3 is 1.66 bits per heavy atom. The summed E-state index contributed by atoms with van der Waals surface area (Å²) in [5, 5.41) is 10.0. The van der Waals surface area contributed by atoms with Gasteiger partial charge in [-0.3, -0.25) is 0 Å². The van der Waals surface area contributed by atoms with E-state index in [9.17, 15) is 0 Å². The minimum atomic E-state index is 0.232. The minimum absolute atomic E-state index is 0.232. The number of rotatable bonds is 8. The molecule has 4 aromatic heterocycles. The second kappa shape index (κ2) is 15.8. The van der Waals surface area contributed by atoms with E-state index in [0.29, 0.717) is 0 Å². The van der Waals surface area contributed by atoms with Gasteiger partial charge in [0.15, 0.2) is 0 Å². The summed E-state index contributed by atoms with van der Waals surface area (Å²) in [7, 11) is 0. The molecule has 0 saturated heterocycles. The van der Waals surface area contributed by atoms with Gasteiger partial charge in [0.05, 0.1) is 0 Å². The van der Waals surface area contributed by atoms with Crippen LogP contribution >= 0.6 is 0 Å². The van der Waals surface area contributed by atoms with Gasteiger partial charge in [-0.1, -0.05) is 84.9 Å². The average Bonchev–Trinajstić information content (AvgIpc) is 4.09. The molecule has 332 valence electrons. The van der Waals surface area contributed by atoms with Crippen LogP contribution in [0.1, 0.15) is 0 Å². The smallest absolute Gasteiger partial charge is 0.456 e. The molecule has 0 amide bonds. The number of para-hydroxylation sites is 3. The van der Waals surface area contributed by atoms with Crippen LogP contribution < -0.4 is 9.80 Å². The van der Waals surface area contributed by atoms with E-state index < -0.39 is 0 Å². The zero-order valence-electron chi connectivity index (χ0n) is 38.3. The van der Waals surface area contributed by atoms with Crippen LogP contribution in [0, 0.1) is 0 Å². The van der Waals surface area contributed by atoms with Crippen molar-refractivity contribution < 1.29 is 4.42 Å². The van der Waals surface area contributed by atoms with E-state index in [-0.39, 0.29) is 14.5 Å². The van der Waals surface area contributed by atoms with E-state index in [1.165, 1.54) is 74.1 Å². The summed E-state index contributed by atoms with van der Waals surface area (Å²) >= 11 is 0.232. The van der Waals surface area contributed by atoms with Crippen LogP contribution in [0.3, 0.4) is 0 Å². The molecule has 0 saturated carbocycles. The third kappa shape index (κ3) is 6.24. The maximum absolute atomic E-state index is 6.57. The predicted octanol–water partition coefficient (Wildman–Crippen LogP) is 18.4. The van der Waals surface area contributed by atoms with Gasteiger partial charge in [-0.05, 0) is 52.6 Å². The molecule has 0 bridgehead atoms. The number of aromatic nitrogens is 1. The number of nitrogens with zero attached hydrogens (tertiary/aromatic N) is 3. The molecule has 71 heavy (non-hydrogen) atoms. The molecule has 0 fully saturated rings. The molecule has 0 aliphatic carbocycles. The Labute approximate surface area is 415 Å². The second-order valence-electron chi connectivity index (χ2n) is 18.4. The first-order valence-corrected chi connectivity index (χ1v) is 25.9. The normalized spacial score (nSPS) is 11.9. The van der Waals surface area contributed by atoms with Crippen molar-refractivity contribution in [2.45, 2.75) is 0 Å². The SMILES string of the molecule is c1ccc(-c2ccccc2-c2cccc(N(c3cccc(N(c4ccccc4)c4cc5c6cccc7[se]c8cccc(c8c76)n6c7ccccc7c(c4)c56)c3)c3ccc4c(c3)oc3ccccc34)c2)cc1. The minimum Gasteiger partial charge on any atom is -0.456 e. The van der Waals surface area contributed by atoms with Crippen molar-refractivity contribution in [3.8, 4) is 22.3 Å². The van der Waals surface area contributed by atoms with Crippen LogP contribution in [0.4, 0.5) is 34.1 Å². The Bertz CT molecular complexity index is 4550. The zero-order chi connectivity index (χ0) is 46.6. The van der Waals surface area contributed by atoms with Crippen LogP contribution in [-0.2, 0) is 0 Å². The van der Waals surface area contributed by atoms with Gasteiger partial charge in [-0.25, -0.2) is 0 Å². The molecule has 0 aliphatic heterocycles. The van der Waals surface area contributed by atoms with Crippen molar-refractivity contribution in [3.05, 3.63) is 249 Å². The van der Waals surface area contributed by atoms with E-state index in [2.05, 4.69) is 257 Å². The van der Waals surface area contributed by atoms with Crippen LogP contribution in [0.15, 0.2) is 253 Å². The molecule has 0 radical (unpaired) electrons. The summed E-state index contributed by atoms with van der Waals surface area (Å²) in [4.78, 5) is 4.82. The zero-order valence-corrected chi connectivity index (χ0v) is 40.0. The standard InChI is InChI=1S/C66H41N3OSe/c1-3-17-42(18-4-1)50-25-7-8-26-51(50)43-19-13-22-45(37-43)68(48-35-36-54-53-28-10-12-32-60(53)70-61(54)41-48)47-24-14-23-46(38-47)67(44-20-5-2-6-21-44)49-39-56-52-27-9-11-30-58(52)69-59-31-16-34-63-65(59)64-55(57(40-49)66(56)69)29-15-33-62(64)71-63/h1-41H. The van der Waals surface area contributed by atoms with Crippen LogP contribution in [0.5, 0.6) is 0 Å². The monoisotopic (exact) mass is 971 g/mol. The van der Waals surface area contributed by atoms with Crippen molar-refractivity contribution in [2.24, 2.45) is 0 Å². The fourth-order valence-corrected chi connectivity index (χ4v) is 13.9. The fraction of sp³-hybridized carbons (Fsp3) is 0.